The lowest BCUT2D eigenvalue weighted by atomic mass is 10.1. The first-order valence-corrected chi connectivity index (χ1v) is 10.5. The van der Waals surface area contributed by atoms with Gasteiger partial charge in [0.2, 0.25) is 0 Å². The van der Waals surface area contributed by atoms with Crippen molar-refractivity contribution >= 4 is 21.8 Å². The van der Waals surface area contributed by atoms with Crippen LogP contribution in [0.3, 0.4) is 0 Å². The highest BCUT2D eigenvalue weighted by molar-refractivity contribution is 9.10. The standard InChI is InChI=1S/C23H22BrN5O/c1-3-28-21(20(24)14-25-28)16-27(2)23(30)19-15-29(18-12-8-5-9-13-18)26-22(19)17-10-6-4-7-11-17/h4-15H,3,16H2,1-2H3. The van der Waals surface area contributed by atoms with Gasteiger partial charge in [-0.05, 0) is 35.0 Å². The molecule has 0 bridgehead atoms. The topological polar surface area (TPSA) is 56.0 Å². The summed E-state index contributed by atoms with van der Waals surface area (Å²) in [5.74, 6) is -0.0909. The van der Waals surface area contributed by atoms with E-state index in [4.69, 9.17) is 5.10 Å². The van der Waals surface area contributed by atoms with E-state index < -0.39 is 0 Å². The second-order valence-corrected chi connectivity index (χ2v) is 7.81. The van der Waals surface area contributed by atoms with Crippen LogP contribution < -0.4 is 0 Å². The highest BCUT2D eigenvalue weighted by atomic mass is 79.9. The molecule has 0 spiro atoms. The molecule has 0 N–H and O–H groups in total. The lowest BCUT2D eigenvalue weighted by Gasteiger charge is -2.18. The Bertz CT molecular complexity index is 1150. The fourth-order valence-corrected chi connectivity index (χ4v) is 3.79. The minimum atomic E-state index is -0.0909. The van der Waals surface area contributed by atoms with Crippen molar-refractivity contribution < 1.29 is 4.79 Å². The Balaban J connectivity index is 1.72. The summed E-state index contributed by atoms with van der Waals surface area (Å²) in [6.07, 6.45) is 3.57. The molecule has 0 aliphatic heterocycles. The van der Waals surface area contributed by atoms with Crippen LogP contribution in [-0.4, -0.2) is 37.4 Å². The number of nitrogens with zero attached hydrogens (tertiary/aromatic N) is 5. The molecule has 30 heavy (non-hydrogen) atoms. The van der Waals surface area contributed by atoms with Crippen LogP contribution in [0.5, 0.6) is 0 Å². The van der Waals surface area contributed by atoms with E-state index in [0.717, 1.165) is 28.0 Å². The fourth-order valence-electron chi connectivity index (χ4n) is 3.37. The predicted octanol–water partition coefficient (Wildman–Crippen LogP) is 4.79. The third-order valence-corrected chi connectivity index (χ3v) is 5.61. The van der Waals surface area contributed by atoms with Gasteiger partial charge in [-0.2, -0.15) is 10.2 Å². The molecule has 2 heterocycles. The average Bonchev–Trinajstić information content (AvgIpc) is 3.38. The zero-order valence-corrected chi connectivity index (χ0v) is 18.5. The summed E-state index contributed by atoms with van der Waals surface area (Å²) in [4.78, 5) is 15.1. The molecule has 0 fully saturated rings. The first-order chi connectivity index (χ1) is 14.6. The van der Waals surface area contributed by atoms with Gasteiger partial charge in [-0.15, -0.1) is 0 Å². The molecule has 7 heteroatoms. The summed E-state index contributed by atoms with van der Waals surface area (Å²) in [5, 5.41) is 9.09. The highest BCUT2D eigenvalue weighted by Crippen LogP contribution is 2.26. The van der Waals surface area contributed by atoms with Gasteiger partial charge >= 0.3 is 0 Å². The fraction of sp³-hybridized carbons (Fsp3) is 0.174. The largest absolute Gasteiger partial charge is 0.336 e. The second-order valence-electron chi connectivity index (χ2n) is 6.95. The summed E-state index contributed by atoms with van der Waals surface area (Å²) in [5.41, 5.74) is 4.00. The number of halogens is 1. The maximum atomic E-state index is 13.4. The highest BCUT2D eigenvalue weighted by Gasteiger charge is 2.23. The molecule has 0 radical (unpaired) electrons. The van der Waals surface area contributed by atoms with Crippen LogP contribution in [0.4, 0.5) is 0 Å². The van der Waals surface area contributed by atoms with Gasteiger partial charge in [-0.3, -0.25) is 9.48 Å². The Morgan fingerprint density at radius 2 is 1.73 bits per heavy atom. The Morgan fingerprint density at radius 1 is 1.07 bits per heavy atom. The van der Waals surface area contributed by atoms with Gasteiger partial charge in [-0.1, -0.05) is 48.5 Å². The number of amides is 1. The van der Waals surface area contributed by atoms with E-state index in [9.17, 15) is 4.79 Å². The number of benzene rings is 2. The van der Waals surface area contributed by atoms with E-state index in [1.165, 1.54) is 0 Å². The number of hydrogen-bond acceptors (Lipinski definition) is 3. The quantitative estimate of drug-likeness (QED) is 0.412. The number of carbonyl (C=O) groups excluding carboxylic acids is 1. The molecule has 4 aromatic rings. The summed E-state index contributed by atoms with van der Waals surface area (Å²) in [6, 6.07) is 19.6. The van der Waals surface area contributed by atoms with Crippen molar-refractivity contribution in [1.29, 1.82) is 0 Å². The van der Waals surface area contributed by atoms with Crippen LogP contribution in [0.1, 0.15) is 23.0 Å². The molecule has 0 unspecified atom stereocenters. The Morgan fingerprint density at radius 3 is 2.40 bits per heavy atom. The van der Waals surface area contributed by atoms with Gasteiger partial charge in [0.05, 0.1) is 34.2 Å². The van der Waals surface area contributed by atoms with Crippen molar-refractivity contribution in [3.8, 4) is 16.9 Å². The van der Waals surface area contributed by atoms with Crippen LogP contribution in [0.15, 0.2) is 77.5 Å². The van der Waals surface area contributed by atoms with Crippen molar-refractivity contribution in [2.45, 2.75) is 20.0 Å². The molecule has 0 saturated carbocycles. The van der Waals surface area contributed by atoms with Crippen LogP contribution in [-0.2, 0) is 13.1 Å². The number of aryl methyl sites for hydroxylation is 1. The average molecular weight is 464 g/mol. The molecule has 0 aliphatic rings. The zero-order chi connectivity index (χ0) is 21.1. The van der Waals surface area contributed by atoms with Gasteiger partial charge in [0.25, 0.3) is 5.91 Å². The van der Waals surface area contributed by atoms with E-state index in [1.807, 2.05) is 78.5 Å². The molecular formula is C23H22BrN5O. The van der Waals surface area contributed by atoms with Gasteiger partial charge < -0.3 is 4.90 Å². The lowest BCUT2D eigenvalue weighted by molar-refractivity contribution is 0.0782. The molecular weight excluding hydrogens is 442 g/mol. The first-order valence-electron chi connectivity index (χ1n) is 9.74. The molecule has 2 aromatic heterocycles. The molecule has 2 aromatic carbocycles. The SMILES string of the molecule is CCn1ncc(Br)c1CN(C)C(=O)c1cn(-c2ccccc2)nc1-c1ccccc1. The van der Waals surface area contributed by atoms with Gasteiger partial charge in [0.15, 0.2) is 0 Å². The van der Waals surface area contributed by atoms with Crippen molar-refractivity contribution in [1.82, 2.24) is 24.5 Å². The molecule has 0 aliphatic carbocycles. The second kappa shape index (κ2) is 8.67. The maximum Gasteiger partial charge on any atom is 0.257 e. The van der Waals surface area contributed by atoms with Crippen LogP contribution in [0.2, 0.25) is 0 Å². The number of aromatic nitrogens is 4. The van der Waals surface area contributed by atoms with Crippen LogP contribution in [0.25, 0.3) is 16.9 Å². The third kappa shape index (κ3) is 3.93. The van der Waals surface area contributed by atoms with Crippen molar-refractivity contribution in [3.05, 3.63) is 88.8 Å². The Kier molecular flexibility index (Phi) is 5.81. The summed E-state index contributed by atoms with van der Waals surface area (Å²) < 4.78 is 4.54. The zero-order valence-electron chi connectivity index (χ0n) is 16.9. The normalized spacial score (nSPS) is 10.9. The van der Waals surface area contributed by atoms with E-state index >= 15 is 0 Å². The molecule has 0 saturated heterocycles. The predicted molar refractivity (Wildman–Crippen MR) is 120 cm³/mol. The number of para-hydroxylation sites is 1. The maximum absolute atomic E-state index is 13.4. The summed E-state index contributed by atoms with van der Waals surface area (Å²) in [7, 11) is 1.80. The number of hydrogen-bond donors (Lipinski definition) is 0. The molecule has 4 rings (SSSR count). The number of carbonyl (C=O) groups is 1. The molecule has 6 nitrogen and oxygen atoms in total. The Labute approximate surface area is 183 Å². The van der Waals surface area contributed by atoms with Crippen LogP contribution >= 0.6 is 15.9 Å². The smallest absolute Gasteiger partial charge is 0.257 e. The molecule has 152 valence electrons. The van der Waals surface area contributed by atoms with E-state index in [-0.39, 0.29) is 5.91 Å². The molecule has 1 amide bonds. The minimum absolute atomic E-state index is 0.0909. The minimum Gasteiger partial charge on any atom is -0.336 e. The van der Waals surface area contributed by atoms with Gasteiger partial charge in [0.1, 0.15) is 5.69 Å². The van der Waals surface area contributed by atoms with Crippen LogP contribution in [0, 0.1) is 0 Å². The van der Waals surface area contributed by atoms with E-state index in [1.54, 1.807) is 22.8 Å². The summed E-state index contributed by atoms with van der Waals surface area (Å²) in [6.45, 7) is 3.21. The molecule has 0 atom stereocenters. The van der Waals surface area contributed by atoms with Crippen molar-refractivity contribution in [3.63, 3.8) is 0 Å². The summed E-state index contributed by atoms with van der Waals surface area (Å²) >= 11 is 3.54. The number of rotatable bonds is 6. The van der Waals surface area contributed by atoms with Crippen molar-refractivity contribution in [2.75, 3.05) is 7.05 Å². The Hall–Kier alpha value is -3.19. The van der Waals surface area contributed by atoms with Gasteiger partial charge in [-0.25, -0.2) is 4.68 Å². The third-order valence-electron chi connectivity index (χ3n) is 4.94. The van der Waals surface area contributed by atoms with E-state index in [0.29, 0.717) is 17.8 Å². The van der Waals surface area contributed by atoms with E-state index in [2.05, 4.69) is 21.0 Å². The monoisotopic (exact) mass is 463 g/mol. The van der Waals surface area contributed by atoms with Crippen molar-refractivity contribution in [2.24, 2.45) is 0 Å². The first kappa shape index (κ1) is 20.1. The van der Waals surface area contributed by atoms with Gasteiger partial charge in [0, 0.05) is 25.4 Å². The lowest BCUT2D eigenvalue weighted by Crippen LogP contribution is -2.27.